The molecule has 0 bridgehead atoms. The van der Waals surface area contributed by atoms with E-state index in [0.717, 1.165) is 6.07 Å². The van der Waals surface area contributed by atoms with Crippen LogP contribution in [0.25, 0.3) is 0 Å². The molecule has 25 heavy (non-hydrogen) atoms. The number of carbonyl (C=O) groups excluding carboxylic acids is 2. The summed E-state index contributed by atoms with van der Waals surface area (Å²) >= 11 is 5.61. The van der Waals surface area contributed by atoms with Gasteiger partial charge < -0.3 is 19.5 Å². The number of halogens is 2. The SMILES string of the molecule is COc1ccc(NC(=O)COC(=O)c2ccc(Cl)cc2F)c(OC)c1. The summed E-state index contributed by atoms with van der Waals surface area (Å²) < 4.78 is 28.6. The number of esters is 1. The second-order valence-corrected chi connectivity index (χ2v) is 5.25. The average molecular weight is 368 g/mol. The van der Waals surface area contributed by atoms with Crippen molar-refractivity contribution in [3.63, 3.8) is 0 Å². The van der Waals surface area contributed by atoms with Crippen LogP contribution in [0.3, 0.4) is 0 Å². The number of rotatable bonds is 6. The summed E-state index contributed by atoms with van der Waals surface area (Å²) in [5.74, 6) is -1.46. The molecule has 2 aromatic rings. The molecule has 0 saturated heterocycles. The van der Waals surface area contributed by atoms with Crippen molar-refractivity contribution in [3.8, 4) is 11.5 Å². The molecule has 2 aromatic carbocycles. The molecule has 0 saturated carbocycles. The second-order valence-electron chi connectivity index (χ2n) is 4.81. The molecule has 0 aliphatic carbocycles. The van der Waals surface area contributed by atoms with Crippen LogP contribution in [0, 0.1) is 5.82 Å². The van der Waals surface area contributed by atoms with Gasteiger partial charge in [0.2, 0.25) is 0 Å². The lowest BCUT2D eigenvalue weighted by Crippen LogP contribution is -2.21. The zero-order chi connectivity index (χ0) is 18.4. The molecule has 1 N–H and O–H groups in total. The van der Waals surface area contributed by atoms with Crippen molar-refractivity contribution in [2.24, 2.45) is 0 Å². The van der Waals surface area contributed by atoms with Gasteiger partial charge in [0.1, 0.15) is 17.3 Å². The van der Waals surface area contributed by atoms with Crippen LogP contribution in [-0.2, 0) is 9.53 Å². The average Bonchev–Trinajstić information content (AvgIpc) is 2.60. The van der Waals surface area contributed by atoms with Gasteiger partial charge in [-0.05, 0) is 30.3 Å². The first-order valence-corrected chi connectivity index (χ1v) is 7.46. The van der Waals surface area contributed by atoms with E-state index in [2.05, 4.69) is 5.32 Å². The standard InChI is InChI=1S/C17H15ClFNO5/c1-23-11-4-6-14(15(8-11)24-2)20-16(21)9-25-17(22)12-5-3-10(18)7-13(12)19/h3-8H,9H2,1-2H3,(H,20,21). The molecular weight excluding hydrogens is 353 g/mol. The van der Waals surface area contributed by atoms with Crippen molar-refractivity contribution in [2.75, 3.05) is 26.1 Å². The van der Waals surface area contributed by atoms with E-state index < -0.39 is 24.3 Å². The second kappa shape index (κ2) is 8.34. The Morgan fingerprint density at radius 2 is 1.88 bits per heavy atom. The summed E-state index contributed by atoms with van der Waals surface area (Å²) in [7, 11) is 2.94. The number of hydrogen-bond donors (Lipinski definition) is 1. The first-order valence-electron chi connectivity index (χ1n) is 7.08. The fourth-order valence-corrected chi connectivity index (χ4v) is 2.11. The molecule has 0 spiro atoms. The Kier molecular flexibility index (Phi) is 6.19. The predicted octanol–water partition coefficient (Wildman–Crippen LogP) is 3.29. The van der Waals surface area contributed by atoms with E-state index in [1.165, 1.54) is 26.4 Å². The van der Waals surface area contributed by atoms with E-state index in [1.54, 1.807) is 18.2 Å². The number of hydrogen-bond acceptors (Lipinski definition) is 5. The zero-order valence-electron chi connectivity index (χ0n) is 13.5. The van der Waals surface area contributed by atoms with E-state index in [4.69, 9.17) is 25.8 Å². The van der Waals surface area contributed by atoms with Crippen LogP contribution >= 0.6 is 11.6 Å². The molecule has 1 amide bonds. The molecule has 0 atom stereocenters. The lowest BCUT2D eigenvalue weighted by Gasteiger charge is -2.12. The number of benzene rings is 2. The maximum absolute atomic E-state index is 13.6. The number of carbonyl (C=O) groups is 2. The van der Waals surface area contributed by atoms with Gasteiger partial charge in [-0.3, -0.25) is 4.79 Å². The Balaban J connectivity index is 1.98. The van der Waals surface area contributed by atoms with Crippen molar-refractivity contribution in [3.05, 3.63) is 52.8 Å². The van der Waals surface area contributed by atoms with Gasteiger partial charge in [-0.2, -0.15) is 0 Å². The van der Waals surface area contributed by atoms with E-state index in [-0.39, 0.29) is 10.6 Å². The molecule has 0 heterocycles. The minimum absolute atomic E-state index is 0.151. The molecule has 6 nitrogen and oxygen atoms in total. The lowest BCUT2D eigenvalue weighted by atomic mass is 10.2. The topological polar surface area (TPSA) is 73.9 Å². The van der Waals surface area contributed by atoms with Crippen LogP contribution in [0.1, 0.15) is 10.4 Å². The first kappa shape index (κ1) is 18.5. The molecule has 0 fully saturated rings. The van der Waals surface area contributed by atoms with Gasteiger partial charge >= 0.3 is 5.97 Å². The minimum Gasteiger partial charge on any atom is -0.497 e. The van der Waals surface area contributed by atoms with Crippen molar-refractivity contribution in [1.29, 1.82) is 0 Å². The molecule has 0 radical (unpaired) electrons. The van der Waals surface area contributed by atoms with Gasteiger partial charge in [0, 0.05) is 11.1 Å². The van der Waals surface area contributed by atoms with Crippen LogP contribution in [-0.4, -0.2) is 32.7 Å². The fourth-order valence-electron chi connectivity index (χ4n) is 1.95. The third-order valence-electron chi connectivity index (χ3n) is 3.17. The molecular formula is C17H15ClFNO5. The van der Waals surface area contributed by atoms with Crippen LogP contribution in [0.15, 0.2) is 36.4 Å². The summed E-state index contributed by atoms with van der Waals surface area (Å²) in [4.78, 5) is 23.7. The Bertz CT molecular complexity index is 797. The van der Waals surface area contributed by atoms with Gasteiger partial charge in [-0.25, -0.2) is 9.18 Å². The molecule has 0 aliphatic rings. The highest BCUT2D eigenvalue weighted by atomic mass is 35.5. The zero-order valence-corrected chi connectivity index (χ0v) is 14.2. The van der Waals surface area contributed by atoms with Crippen molar-refractivity contribution in [1.82, 2.24) is 0 Å². The highest BCUT2D eigenvalue weighted by molar-refractivity contribution is 6.30. The number of anilines is 1. The van der Waals surface area contributed by atoms with Gasteiger partial charge in [0.15, 0.2) is 6.61 Å². The van der Waals surface area contributed by atoms with Crippen molar-refractivity contribution in [2.45, 2.75) is 0 Å². The molecule has 0 aromatic heterocycles. The minimum atomic E-state index is -0.967. The smallest absolute Gasteiger partial charge is 0.341 e. The molecule has 2 rings (SSSR count). The maximum atomic E-state index is 13.6. The number of methoxy groups -OCH3 is 2. The van der Waals surface area contributed by atoms with E-state index in [0.29, 0.717) is 17.2 Å². The van der Waals surface area contributed by atoms with Gasteiger partial charge in [0.05, 0.1) is 25.5 Å². The van der Waals surface area contributed by atoms with E-state index in [9.17, 15) is 14.0 Å². The molecule has 0 unspecified atom stereocenters. The number of amides is 1. The fraction of sp³-hybridized carbons (Fsp3) is 0.176. The largest absolute Gasteiger partial charge is 0.497 e. The quantitative estimate of drug-likeness (QED) is 0.793. The Morgan fingerprint density at radius 3 is 2.52 bits per heavy atom. The summed E-state index contributed by atoms with van der Waals surface area (Å²) in [6, 6.07) is 8.32. The summed E-state index contributed by atoms with van der Waals surface area (Å²) in [6.07, 6.45) is 0. The van der Waals surface area contributed by atoms with Gasteiger partial charge in [-0.15, -0.1) is 0 Å². The van der Waals surface area contributed by atoms with Crippen molar-refractivity contribution >= 4 is 29.2 Å². The number of nitrogens with one attached hydrogen (secondary N) is 1. The van der Waals surface area contributed by atoms with E-state index in [1.807, 2.05) is 0 Å². The third kappa shape index (κ3) is 4.84. The van der Waals surface area contributed by atoms with Crippen LogP contribution in [0.2, 0.25) is 5.02 Å². The normalized spacial score (nSPS) is 10.1. The van der Waals surface area contributed by atoms with Crippen LogP contribution in [0.5, 0.6) is 11.5 Å². The summed E-state index contributed by atoms with van der Waals surface area (Å²) in [5.41, 5.74) is 0.0706. The Labute approximate surface area is 148 Å². The van der Waals surface area contributed by atoms with Crippen LogP contribution in [0.4, 0.5) is 10.1 Å². The highest BCUT2D eigenvalue weighted by Gasteiger charge is 2.16. The molecule has 0 aliphatic heterocycles. The lowest BCUT2D eigenvalue weighted by molar-refractivity contribution is -0.119. The van der Waals surface area contributed by atoms with E-state index >= 15 is 0 Å². The Morgan fingerprint density at radius 1 is 1.12 bits per heavy atom. The van der Waals surface area contributed by atoms with Gasteiger partial charge in [0.25, 0.3) is 5.91 Å². The van der Waals surface area contributed by atoms with Crippen molar-refractivity contribution < 1.29 is 28.2 Å². The summed E-state index contributed by atoms with van der Waals surface area (Å²) in [5, 5.41) is 2.68. The predicted molar refractivity (Wildman–Crippen MR) is 89.9 cm³/mol. The third-order valence-corrected chi connectivity index (χ3v) is 3.40. The van der Waals surface area contributed by atoms with Crippen LogP contribution < -0.4 is 14.8 Å². The first-order chi connectivity index (χ1) is 11.9. The Hall–Kier alpha value is -2.80. The van der Waals surface area contributed by atoms with Gasteiger partial charge in [-0.1, -0.05) is 11.6 Å². The highest BCUT2D eigenvalue weighted by Crippen LogP contribution is 2.28. The monoisotopic (exact) mass is 367 g/mol. The molecule has 132 valence electrons. The maximum Gasteiger partial charge on any atom is 0.341 e. The summed E-state index contributed by atoms with van der Waals surface area (Å²) in [6.45, 7) is -0.587. The molecule has 8 heteroatoms. The number of ether oxygens (including phenoxy) is 3.